The molecule has 25 heavy (non-hydrogen) atoms. The SMILES string of the molecule is CC(C)(C)OC(=O)NC(CCNCc1ccncn1)c1ccccc1. The normalized spacial score (nSPS) is 12.4. The number of benzene rings is 1. The maximum Gasteiger partial charge on any atom is 0.408 e. The van der Waals surface area contributed by atoms with Crippen LogP contribution in [0.25, 0.3) is 0 Å². The van der Waals surface area contributed by atoms with Crippen LogP contribution in [0.1, 0.15) is 44.5 Å². The number of ether oxygens (including phenoxy) is 1. The molecule has 0 fully saturated rings. The Labute approximate surface area is 149 Å². The number of rotatable bonds is 7. The summed E-state index contributed by atoms with van der Waals surface area (Å²) in [5.41, 5.74) is 1.47. The van der Waals surface area contributed by atoms with Gasteiger partial charge >= 0.3 is 6.09 Å². The Morgan fingerprint density at radius 2 is 1.96 bits per heavy atom. The van der Waals surface area contributed by atoms with Gasteiger partial charge in [-0.05, 0) is 45.4 Å². The molecule has 2 N–H and O–H groups in total. The second-order valence-electron chi connectivity index (χ2n) is 6.78. The third kappa shape index (κ3) is 7.30. The molecule has 2 aromatic rings. The number of aromatic nitrogens is 2. The van der Waals surface area contributed by atoms with Gasteiger partial charge in [-0.1, -0.05) is 30.3 Å². The average molecular weight is 342 g/mol. The number of nitrogens with zero attached hydrogens (tertiary/aromatic N) is 2. The van der Waals surface area contributed by atoms with Gasteiger partial charge in [0, 0.05) is 12.7 Å². The van der Waals surface area contributed by atoms with Crippen molar-refractivity contribution in [3.8, 4) is 0 Å². The lowest BCUT2D eigenvalue weighted by molar-refractivity contribution is 0.0501. The molecular weight excluding hydrogens is 316 g/mol. The van der Waals surface area contributed by atoms with Crippen molar-refractivity contribution in [3.63, 3.8) is 0 Å². The quantitative estimate of drug-likeness (QED) is 0.756. The number of amides is 1. The highest BCUT2D eigenvalue weighted by molar-refractivity contribution is 5.68. The van der Waals surface area contributed by atoms with Gasteiger partial charge in [0.1, 0.15) is 11.9 Å². The summed E-state index contributed by atoms with van der Waals surface area (Å²) >= 11 is 0. The zero-order chi connectivity index (χ0) is 18.1. The Morgan fingerprint density at radius 1 is 1.20 bits per heavy atom. The predicted octanol–water partition coefficient (Wildman–Crippen LogP) is 3.22. The second kappa shape index (κ2) is 9.13. The molecule has 6 nitrogen and oxygen atoms in total. The first-order valence-electron chi connectivity index (χ1n) is 8.44. The fourth-order valence-corrected chi connectivity index (χ4v) is 2.34. The molecule has 6 heteroatoms. The molecule has 0 saturated heterocycles. The number of carbonyl (C=O) groups excluding carboxylic acids is 1. The van der Waals surface area contributed by atoms with Gasteiger partial charge in [0.15, 0.2) is 0 Å². The van der Waals surface area contributed by atoms with Gasteiger partial charge < -0.3 is 15.4 Å². The molecule has 0 spiro atoms. The molecule has 134 valence electrons. The molecular formula is C19H26N4O2. The second-order valence-corrected chi connectivity index (χ2v) is 6.78. The molecule has 1 atom stereocenters. The van der Waals surface area contributed by atoms with Gasteiger partial charge in [-0.3, -0.25) is 0 Å². The molecule has 0 aliphatic rings. The van der Waals surface area contributed by atoms with Gasteiger partial charge in [-0.2, -0.15) is 0 Å². The minimum Gasteiger partial charge on any atom is -0.444 e. The van der Waals surface area contributed by atoms with E-state index in [1.54, 1.807) is 6.20 Å². The van der Waals surface area contributed by atoms with Crippen molar-refractivity contribution in [2.75, 3.05) is 6.54 Å². The van der Waals surface area contributed by atoms with Crippen LogP contribution in [0.4, 0.5) is 4.79 Å². The molecule has 0 aliphatic carbocycles. The maximum atomic E-state index is 12.1. The van der Waals surface area contributed by atoms with Crippen molar-refractivity contribution in [3.05, 3.63) is 60.2 Å². The van der Waals surface area contributed by atoms with Gasteiger partial charge in [0.25, 0.3) is 0 Å². The number of alkyl carbamates (subject to hydrolysis) is 1. The molecule has 1 aromatic carbocycles. The summed E-state index contributed by atoms with van der Waals surface area (Å²) in [7, 11) is 0. The van der Waals surface area contributed by atoms with Gasteiger partial charge in [-0.15, -0.1) is 0 Å². The molecule has 1 heterocycles. The Kier molecular flexibility index (Phi) is 6.89. The van der Waals surface area contributed by atoms with Crippen LogP contribution >= 0.6 is 0 Å². The topological polar surface area (TPSA) is 76.1 Å². The number of hydrogen-bond acceptors (Lipinski definition) is 5. The van der Waals surface area contributed by atoms with Crippen LogP contribution in [0, 0.1) is 0 Å². The number of carbonyl (C=O) groups is 1. The summed E-state index contributed by atoms with van der Waals surface area (Å²) in [6.45, 7) is 6.96. The maximum absolute atomic E-state index is 12.1. The van der Waals surface area contributed by atoms with Crippen LogP contribution in [0.2, 0.25) is 0 Å². The smallest absolute Gasteiger partial charge is 0.408 e. The Hall–Kier alpha value is -2.47. The van der Waals surface area contributed by atoms with Crippen LogP contribution in [0.15, 0.2) is 48.9 Å². The summed E-state index contributed by atoms with van der Waals surface area (Å²) in [4.78, 5) is 20.2. The molecule has 0 saturated carbocycles. The molecule has 1 unspecified atom stereocenters. The summed E-state index contributed by atoms with van der Waals surface area (Å²) < 4.78 is 5.38. The first-order chi connectivity index (χ1) is 11.9. The van der Waals surface area contributed by atoms with E-state index in [1.165, 1.54) is 6.33 Å². The Balaban J connectivity index is 1.89. The van der Waals surface area contributed by atoms with Gasteiger partial charge in [0.05, 0.1) is 11.7 Å². The minimum atomic E-state index is -0.517. The number of nitrogens with one attached hydrogen (secondary N) is 2. The van der Waals surface area contributed by atoms with E-state index in [1.807, 2.05) is 57.2 Å². The third-order valence-electron chi connectivity index (χ3n) is 3.45. The van der Waals surface area contributed by atoms with E-state index in [0.29, 0.717) is 6.54 Å². The Bertz CT molecular complexity index is 641. The zero-order valence-electron chi connectivity index (χ0n) is 15.0. The molecule has 2 rings (SSSR count). The fraction of sp³-hybridized carbons (Fsp3) is 0.421. The van der Waals surface area contributed by atoms with E-state index in [4.69, 9.17) is 4.74 Å². The lowest BCUT2D eigenvalue weighted by Crippen LogP contribution is -2.36. The van der Waals surface area contributed by atoms with E-state index >= 15 is 0 Å². The molecule has 1 aromatic heterocycles. The standard InChI is InChI=1S/C19H26N4O2/c1-19(2,3)25-18(24)23-17(15-7-5-4-6-8-15)10-12-20-13-16-9-11-21-14-22-16/h4-9,11,14,17,20H,10,12-13H2,1-3H3,(H,23,24). The van der Waals surface area contributed by atoms with Crippen LogP contribution in [0.5, 0.6) is 0 Å². The Morgan fingerprint density at radius 3 is 2.60 bits per heavy atom. The molecule has 0 radical (unpaired) electrons. The molecule has 1 amide bonds. The summed E-state index contributed by atoms with van der Waals surface area (Å²) in [6, 6.07) is 11.7. The van der Waals surface area contributed by atoms with E-state index in [-0.39, 0.29) is 6.04 Å². The van der Waals surface area contributed by atoms with Crippen LogP contribution in [0.3, 0.4) is 0 Å². The van der Waals surface area contributed by atoms with Crippen LogP contribution in [-0.2, 0) is 11.3 Å². The summed E-state index contributed by atoms with van der Waals surface area (Å²) in [5.74, 6) is 0. The summed E-state index contributed by atoms with van der Waals surface area (Å²) in [6.07, 6.45) is 3.60. The van der Waals surface area contributed by atoms with Crippen molar-refractivity contribution in [1.82, 2.24) is 20.6 Å². The zero-order valence-corrected chi connectivity index (χ0v) is 15.0. The van der Waals surface area contributed by atoms with Gasteiger partial charge in [-0.25, -0.2) is 14.8 Å². The van der Waals surface area contributed by atoms with E-state index in [9.17, 15) is 4.79 Å². The summed E-state index contributed by atoms with van der Waals surface area (Å²) in [5, 5.41) is 6.30. The highest BCUT2D eigenvalue weighted by Gasteiger charge is 2.20. The third-order valence-corrected chi connectivity index (χ3v) is 3.45. The van der Waals surface area contributed by atoms with Crippen molar-refractivity contribution < 1.29 is 9.53 Å². The molecule has 0 bridgehead atoms. The lowest BCUT2D eigenvalue weighted by atomic mass is 10.0. The van der Waals surface area contributed by atoms with E-state index < -0.39 is 11.7 Å². The van der Waals surface area contributed by atoms with Gasteiger partial charge in [0.2, 0.25) is 0 Å². The van der Waals surface area contributed by atoms with Crippen LogP contribution < -0.4 is 10.6 Å². The van der Waals surface area contributed by atoms with Crippen molar-refractivity contribution in [2.45, 2.75) is 45.4 Å². The van der Waals surface area contributed by atoms with E-state index in [0.717, 1.165) is 24.2 Å². The first kappa shape index (κ1) is 18.9. The van der Waals surface area contributed by atoms with E-state index in [2.05, 4.69) is 20.6 Å². The van der Waals surface area contributed by atoms with Crippen LogP contribution in [-0.4, -0.2) is 28.2 Å². The predicted molar refractivity (Wildman–Crippen MR) is 96.9 cm³/mol. The minimum absolute atomic E-state index is 0.117. The fourth-order valence-electron chi connectivity index (χ4n) is 2.34. The average Bonchev–Trinajstić information content (AvgIpc) is 2.58. The van der Waals surface area contributed by atoms with Crippen molar-refractivity contribution in [1.29, 1.82) is 0 Å². The lowest BCUT2D eigenvalue weighted by Gasteiger charge is -2.24. The largest absolute Gasteiger partial charge is 0.444 e. The number of hydrogen-bond donors (Lipinski definition) is 2. The van der Waals surface area contributed by atoms with Crippen molar-refractivity contribution in [2.24, 2.45) is 0 Å². The highest BCUT2D eigenvalue weighted by Crippen LogP contribution is 2.17. The van der Waals surface area contributed by atoms with Crippen molar-refractivity contribution >= 4 is 6.09 Å². The monoisotopic (exact) mass is 342 g/mol. The highest BCUT2D eigenvalue weighted by atomic mass is 16.6. The molecule has 0 aliphatic heterocycles. The first-order valence-corrected chi connectivity index (χ1v) is 8.44.